The first-order chi connectivity index (χ1) is 14.3. The van der Waals surface area contributed by atoms with Gasteiger partial charge in [-0.05, 0) is 18.6 Å². The molecule has 164 valence electrons. The van der Waals surface area contributed by atoms with Gasteiger partial charge in [0, 0.05) is 38.4 Å². The second-order valence-corrected chi connectivity index (χ2v) is 6.71. The maximum Gasteiger partial charge on any atom is 0.344 e. The van der Waals surface area contributed by atoms with Gasteiger partial charge in [0.1, 0.15) is 23.0 Å². The lowest BCUT2D eigenvalue weighted by Crippen LogP contribution is -2.44. The summed E-state index contributed by atoms with van der Waals surface area (Å²) in [5.74, 6) is -4.15. The molecule has 8 nitrogen and oxygen atoms in total. The number of allylic oxidation sites excluding steroid dienone is 1. The molecule has 0 atom stereocenters. The van der Waals surface area contributed by atoms with E-state index in [9.17, 15) is 18.4 Å². The van der Waals surface area contributed by atoms with Crippen molar-refractivity contribution in [1.29, 1.82) is 0 Å². The molecule has 1 saturated heterocycles. The number of hydrogen-bond acceptors (Lipinski definition) is 7. The van der Waals surface area contributed by atoms with Crippen molar-refractivity contribution in [2.24, 2.45) is 16.5 Å². The molecule has 1 aliphatic heterocycles. The summed E-state index contributed by atoms with van der Waals surface area (Å²) in [5.41, 5.74) is 11.1. The van der Waals surface area contributed by atoms with Gasteiger partial charge in [-0.25, -0.2) is 13.6 Å². The minimum absolute atomic E-state index is 0.0981. The van der Waals surface area contributed by atoms with Crippen molar-refractivity contribution in [3.8, 4) is 0 Å². The number of nitrogens with two attached hydrogens (primary N) is 2. The first-order valence-electron chi connectivity index (χ1n) is 9.71. The molecule has 1 aromatic rings. The Kier molecular flexibility index (Phi) is 8.88. The maximum atomic E-state index is 13.7. The molecule has 0 saturated carbocycles. The first-order valence-corrected chi connectivity index (χ1v) is 9.71. The van der Waals surface area contributed by atoms with Gasteiger partial charge < -0.3 is 21.5 Å². The van der Waals surface area contributed by atoms with Crippen LogP contribution >= 0.6 is 0 Å². The highest BCUT2D eigenvalue weighted by atomic mass is 19.1. The van der Waals surface area contributed by atoms with Crippen molar-refractivity contribution in [2.45, 2.75) is 13.3 Å². The number of carbonyl (C=O) groups is 2. The molecule has 2 rings (SSSR count). The largest absolute Gasteiger partial charge is 0.454 e. The molecule has 0 unspecified atom stereocenters. The summed E-state index contributed by atoms with van der Waals surface area (Å²) in [5, 5.41) is 3.25. The molecule has 5 N–H and O–H groups in total. The Bertz CT molecular complexity index is 815. The Balaban J connectivity index is 2.02. The summed E-state index contributed by atoms with van der Waals surface area (Å²) >= 11 is 0. The minimum atomic E-state index is -1.03. The molecule has 1 aromatic carbocycles. The predicted octanol–water partition coefficient (Wildman–Crippen LogP) is 0.576. The summed E-state index contributed by atoms with van der Waals surface area (Å²) in [6.45, 7) is 5.48. The average molecular weight is 423 g/mol. The molecule has 0 radical (unpaired) electrons. The lowest BCUT2D eigenvalue weighted by Gasteiger charge is -2.26. The van der Waals surface area contributed by atoms with Crippen LogP contribution in [0.1, 0.15) is 23.7 Å². The van der Waals surface area contributed by atoms with E-state index in [0.717, 1.165) is 44.4 Å². The average Bonchev–Trinajstić information content (AvgIpc) is 2.73. The van der Waals surface area contributed by atoms with Crippen molar-refractivity contribution in [1.82, 2.24) is 10.2 Å². The Morgan fingerprint density at radius 1 is 1.20 bits per heavy atom. The fourth-order valence-electron chi connectivity index (χ4n) is 2.94. The summed E-state index contributed by atoms with van der Waals surface area (Å²) < 4.78 is 32.4. The summed E-state index contributed by atoms with van der Waals surface area (Å²) in [7, 11) is 0. The van der Waals surface area contributed by atoms with Gasteiger partial charge in [0.05, 0.1) is 12.1 Å². The summed E-state index contributed by atoms with van der Waals surface area (Å²) in [6.07, 6.45) is 0.300. The van der Waals surface area contributed by atoms with Crippen molar-refractivity contribution >= 4 is 17.6 Å². The summed E-state index contributed by atoms with van der Waals surface area (Å²) in [4.78, 5) is 31.0. The Labute approximate surface area is 173 Å². The Morgan fingerprint density at radius 3 is 2.43 bits per heavy atom. The molecule has 10 heteroatoms. The van der Waals surface area contributed by atoms with Gasteiger partial charge in [-0.1, -0.05) is 13.0 Å². The third-order valence-electron chi connectivity index (χ3n) is 4.65. The van der Waals surface area contributed by atoms with E-state index in [4.69, 9.17) is 16.2 Å². The van der Waals surface area contributed by atoms with E-state index in [1.54, 1.807) is 6.92 Å². The zero-order chi connectivity index (χ0) is 22.1. The SMILES string of the molecule is CC/C(N)=C(\C(=O)OCC(=O)c1c(F)cccc1F)C(N)=NCCN1CCNCC1. The lowest BCUT2D eigenvalue weighted by atomic mass is 10.1. The number of esters is 1. The topological polar surface area (TPSA) is 123 Å². The highest BCUT2D eigenvalue weighted by molar-refractivity contribution is 6.19. The van der Waals surface area contributed by atoms with Crippen LogP contribution in [0.4, 0.5) is 8.78 Å². The van der Waals surface area contributed by atoms with Crippen molar-refractivity contribution in [3.63, 3.8) is 0 Å². The quantitative estimate of drug-likeness (QED) is 0.174. The molecular weight excluding hydrogens is 396 g/mol. The minimum Gasteiger partial charge on any atom is -0.454 e. The molecule has 0 aliphatic carbocycles. The van der Waals surface area contributed by atoms with Gasteiger partial charge in [-0.3, -0.25) is 14.7 Å². The van der Waals surface area contributed by atoms with Crippen LogP contribution in [0.3, 0.4) is 0 Å². The highest BCUT2D eigenvalue weighted by Crippen LogP contribution is 2.14. The van der Waals surface area contributed by atoms with Crippen LogP contribution in [0.25, 0.3) is 0 Å². The number of benzene rings is 1. The standard InChI is InChI=1S/C20H27F2N5O3/c1-2-15(23)18(19(24)26-8-11-27-9-6-25-7-10-27)20(29)30-12-16(28)17-13(21)4-3-5-14(17)22/h3-5,25H,2,6-12,23H2,1H3,(H2,24,26)/b18-15+. The zero-order valence-corrected chi connectivity index (χ0v) is 16.9. The molecule has 1 fully saturated rings. The van der Waals surface area contributed by atoms with Gasteiger partial charge in [0.15, 0.2) is 6.61 Å². The number of Topliss-reactive ketones (excluding diaryl/α,β-unsaturated/α-hetero) is 1. The van der Waals surface area contributed by atoms with Crippen LogP contribution in [-0.4, -0.2) is 68.4 Å². The number of hydrogen-bond donors (Lipinski definition) is 3. The second-order valence-electron chi connectivity index (χ2n) is 6.71. The monoisotopic (exact) mass is 423 g/mol. The van der Waals surface area contributed by atoms with E-state index in [1.165, 1.54) is 0 Å². The number of nitrogens with one attached hydrogen (secondary N) is 1. The molecule has 0 amide bonds. The number of amidine groups is 1. The molecule has 30 heavy (non-hydrogen) atoms. The number of carbonyl (C=O) groups excluding carboxylic acids is 2. The summed E-state index contributed by atoms with van der Waals surface area (Å²) in [6, 6.07) is 3.02. The van der Waals surface area contributed by atoms with Crippen molar-refractivity contribution < 1.29 is 23.1 Å². The second kappa shape index (κ2) is 11.4. The number of piperazine rings is 1. The lowest BCUT2D eigenvalue weighted by molar-refractivity contribution is -0.137. The van der Waals surface area contributed by atoms with Crippen LogP contribution in [0.2, 0.25) is 0 Å². The van der Waals surface area contributed by atoms with E-state index in [1.807, 2.05) is 0 Å². The van der Waals surface area contributed by atoms with E-state index >= 15 is 0 Å². The first kappa shape index (κ1) is 23.4. The van der Waals surface area contributed by atoms with E-state index < -0.39 is 35.6 Å². The van der Waals surface area contributed by atoms with Gasteiger partial charge in [-0.2, -0.15) is 0 Å². The third-order valence-corrected chi connectivity index (χ3v) is 4.65. The van der Waals surface area contributed by atoms with Gasteiger partial charge >= 0.3 is 5.97 Å². The van der Waals surface area contributed by atoms with E-state index in [2.05, 4.69) is 15.2 Å². The van der Waals surface area contributed by atoms with Crippen molar-refractivity contribution in [3.05, 3.63) is 46.7 Å². The fourth-order valence-corrected chi connectivity index (χ4v) is 2.94. The van der Waals surface area contributed by atoms with Gasteiger partial charge in [0.25, 0.3) is 0 Å². The number of nitrogens with zero attached hydrogens (tertiary/aromatic N) is 2. The number of halogens is 2. The molecular formula is C20H27F2N5O3. The molecule has 0 aromatic heterocycles. The van der Waals surface area contributed by atoms with Crippen LogP contribution in [0, 0.1) is 11.6 Å². The molecule has 1 aliphatic rings. The van der Waals surface area contributed by atoms with E-state index in [0.29, 0.717) is 19.5 Å². The van der Waals surface area contributed by atoms with Gasteiger partial charge in [-0.15, -0.1) is 0 Å². The number of ether oxygens (including phenoxy) is 1. The Hall–Kier alpha value is -2.85. The van der Waals surface area contributed by atoms with Gasteiger partial charge in [0.2, 0.25) is 5.78 Å². The highest BCUT2D eigenvalue weighted by Gasteiger charge is 2.23. The normalized spacial score (nSPS) is 16.2. The van der Waals surface area contributed by atoms with Crippen LogP contribution in [0.15, 0.2) is 34.5 Å². The molecule has 0 bridgehead atoms. The predicted molar refractivity (Wildman–Crippen MR) is 109 cm³/mol. The number of aliphatic imine (C=N–C) groups is 1. The third kappa shape index (κ3) is 6.33. The Morgan fingerprint density at radius 2 is 1.83 bits per heavy atom. The molecule has 0 spiro atoms. The van der Waals surface area contributed by atoms with Crippen molar-refractivity contribution in [2.75, 3.05) is 45.9 Å². The number of ketones is 1. The zero-order valence-electron chi connectivity index (χ0n) is 16.9. The van der Waals surface area contributed by atoms with E-state index in [-0.39, 0.29) is 17.1 Å². The van der Waals surface area contributed by atoms with Crippen LogP contribution in [-0.2, 0) is 9.53 Å². The number of rotatable bonds is 9. The van der Waals surface area contributed by atoms with Crippen LogP contribution < -0.4 is 16.8 Å². The fraction of sp³-hybridized carbons (Fsp3) is 0.450. The van der Waals surface area contributed by atoms with Crippen LogP contribution in [0.5, 0.6) is 0 Å². The smallest absolute Gasteiger partial charge is 0.344 e. The maximum absolute atomic E-state index is 13.7. The molecule has 1 heterocycles.